The van der Waals surface area contributed by atoms with Crippen molar-refractivity contribution in [1.29, 1.82) is 0 Å². The number of amides is 1. The van der Waals surface area contributed by atoms with Gasteiger partial charge in [-0.3, -0.25) is 9.59 Å². The summed E-state index contributed by atoms with van der Waals surface area (Å²) >= 11 is 0. The molecule has 0 saturated carbocycles. The Morgan fingerprint density at radius 1 is 1.04 bits per heavy atom. The molecule has 0 aliphatic rings. The predicted octanol–water partition coefficient (Wildman–Crippen LogP) is 3.86. The number of unbranched alkanes of at least 4 members (excludes halogenated alkanes) is 3. The molecule has 1 amide bonds. The van der Waals surface area contributed by atoms with Crippen molar-refractivity contribution in [3.05, 3.63) is 23.9 Å². The first-order valence-corrected chi connectivity index (χ1v) is 9.49. The van der Waals surface area contributed by atoms with E-state index < -0.39 is 0 Å². The van der Waals surface area contributed by atoms with E-state index in [1.165, 1.54) is 0 Å². The first kappa shape index (κ1) is 23.4. The molecule has 0 aromatic carbocycles. The molecule has 25 heavy (non-hydrogen) atoms. The van der Waals surface area contributed by atoms with E-state index in [0.29, 0.717) is 6.61 Å². The smallest absolute Gasteiger partial charge is 0.306 e. The van der Waals surface area contributed by atoms with E-state index >= 15 is 0 Å². The van der Waals surface area contributed by atoms with Crippen LogP contribution in [0.3, 0.4) is 0 Å². The van der Waals surface area contributed by atoms with E-state index in [1.54, 1.807) is 0 Å². The number of carbonyl (C=O) groups is 2. The Balaban J connectivity index is 3.85. The van der Waals surface area contributed by atoms with Crippen LogP contribution in [-0.4, -0.2) is 32.1 Å². The summed E-state index contributed by atoms with van der Waals surface area (Å²) in [4.78, 5) is 23.6. The standard InChI is InChI=1S/C20H36N2O3/c1-5-17(3)11-12-18(6-2)22-19(23)13-14-20(24)25-16-10-8-7-9-15-21-4/h12,21H,3,5-11,13-16H2,1-2,4H3,(H,22,23)/b18-12+. The van der Waals surface area contributed by atoms with Gasteiger partial charge in [0.1, 0.15) is 0 Å². The molecule has 0 rings (SSSR count). The maximum atomic E-state index is 11.9. The number of rotatable bonds is 15. The second kappa shape index (κ2) is 15.9. The fourth-order valence-corrected chi connectivity index (χ4v) is 2.17. The number of esters is 1. The molecule has 0 heterocycles. The van der Waals surface area contributed by atoms with Crippen molar-refractivity contribution in [2.75, 3.05) is 20.2 Å². The van der Waals surface area contributed by atoms with Crippen molar-refractivity contribution in [2.24, 2.45) is 0 Å². The summed E-state index contributed by atoms with van der Waals surface area (Å²) in [6, 6.07) is 0. The molecule has 2 N–H and O–H groups in total. The van der Waals surface area contributed by atoms with Crippen LogP contribution in [0.2, 0.25) is 0 Å². The number of allylic oxidation sites excluding steroid dienone is 3. The van der Waals surface area contributed by atoms with Crippen molar-refractivity contribution in [3.8, 4) is 0 Å². The van der Waals surface area contributed by atoms with Crippen LogP contribution in [0.25, 0.3) is 0 Å². The summed E-state index contributed by atoms with van der Waals surface area (Å²) in [5, 5.41) is 5.97. The lowest BCUT2D eigenvalue weighted by atomic mass is 10.1. The molecule has 5 heteroatoms. The normalized spacial score (nSPS) is 11.2. The Morgan fingerprint density at radius 2 is 1.76 bits per heavy atom. The highest BCUT2D eigenvalue weighted by molar-refractivity contribution is 5.82. The highest BCUT2D eigenvalue weighted by atomic mass is 16.5. The van der Waals surface area contributed by atoms with Crippen molar-refractivity contribution in [1.82, 2.24) is 10.6 Å². The molecule has 0 aliphatic heterocycles. The Hall–Kier alpha value is -1.62. The molecule has 144 valence electrons. The van der Waals surface area contributed by atoms with E-state index in [0.717, 1.165) is 62.8 Å². The molecule has 0 saturated heterocycles. The Kier molecular flexibility index (Phi) is 14.9. The second-order valence-corrected chi connectivity index (χ2v) is 6.18. The van der Waals surface area contributed by atoms with E-state index in [9.17, 15) is 9.59 Å². The largest absolute Gasteiger partial charge is 0.466 e. The van der Waals surface area contributed by atoms with Gasteiger partial charge in [-0.05, 0) is 45.7 Å². The van der Waals surface area contributed by atoms with Gasteiger partial charge in [0.05, 0.1) is 13.0 Å². The van der Waals surface area contributed by atoms with Crippen molar-refractivity contribution < 1.29 is 14.3 Å². The zero-order chi connectivity index (χ0) is 18.9. The van der Waals surface area contributed by atoms with Gasteiger partial charge >= 0.3 is 5.97 Å². The molecule has 0 unspecified atom stereocenters. The predicted molar refractivity (Wildman–Crippen MR) is 103 cm³/mol. The van der Waals surface area contributed by atoms with Gasteiger partial charge in [0.25, 0.3) is 0 Å². The quantitative estimate of drug-likeness (QED) is 0.267. The van der Waals surface area contributed by atoms with Crippen LogP contribution in [0.4, 0.5) is 0 Å². The van der Waals surface area contributed by atoms with Crippen molar-refractivity contribution >= 4 is 11.9 Å². The summed E-state index contributed by atoms with van der Waals surface area (Å²) < 4.78 is 5.16. The third kappa shape index (κ3) is 14.4. The van der Waals surface area contributed by atoms with Crippen LogP contribution in [0.15, 0.2) is 23.9 Å². The summed E-state index contributed by atoms with van der Waals surface area (Å²) in [5.41, 5.74) is 2.02. The summed E-state index contributed by atoms with van der Waals surface area (Å²) in [6.45, 7) is 9.48. The first-order chi connectivity index (χ1) is 12.0. The zero-order valence-corrected chi connectivity index (χ0v) is 16.3. The molecular formula is C20H36N2O3. The number of nitrogens with one attached hydrogen (secondary N) is 2. The van der Waals surface area contributed by atoms with E-state index in [4.69, 9.17) is 4.74 Å². The Labute approximate surface area is 153 Å². The second-order valence-electron chi connectivity index (χ2n) is 6.18. The van der Waals surface area contributed by atoms with Crippen LogP contribution >= 0.6 is 0 Å². The fraction of sp³-hybridized carbons (Fsp3) is 0.700. The maximum absolute atomic E-state index is 11.9. The molecule has 0 bridgehead atoms. The highest BCUT2D eigenvalue weighted by Gasteiger charge is 2.09. The molecule has 0 aromatic heterocycles. The lowest BCUT2D eigenvalue weighted by molar-refractivity contribution is -0.145. The summed E-state index contributed by atoms with van der Waals surface area (Å²) in [5.74, 6) is -0.439. The van der Waals surface area contributed by atoms with Crippen LogP contribution in [-0.2, 0) is 14.3 Å². The zero-order valence-electron chi connectivity index (χ0n) is 16.3. The number of carbonyl (C=O) groups excluding carboxylic acids is 2. The van der Waals surface area contributed by atoms with Crippen LogP contribution in [0, 0.1) is 0 Å². The molecule has 0 aliphatic carbocycles. The molecule has 0 atom stereocenters. The molecule has 5 nitrogen and oxygen atoms in total. The van der Waals surface area contributed by atoms with Gasteiger partial charge in [0.2, 0.25) is 5.91 Å². The lowest BCUT2D eigenvalue weighted by Gasteiger charge is -2.09. The summed E-state index contributed by atoms with van der Waals surface area (Å²) in [6.07, 6.45) is 8.96. The first-order valence-electron chi connectivity index (χ1n) is 9.49. The number of hydrogen-bond acceptors (Lipinski definition) is 4. The molecule has 0 aromatic rings. The molecule has 0 spiro atoms. The molecular weight excluding hydrogens is 316 g/mol. The summed E-state index contributed by atoms with van der Waals surface area (Å²) in [7, 11) is 1.94. The van der Waals surface area contributed by atoms with Crippen LogP contribution in [0.5, 0.6) is 0 Å². The lowest BCUT2D eigenvalue weighted by Crippen LogP contribution is -2.23. The minimum absolute atomic E-state index is 0.129. The third-order valence-electron chi connectivity index (χ3n) is 3.96. The number of ether oxygens (including phenoxy) is 1. The van der Waals surface area contributed by atoms with Gasteiger partial charge in [0.15, 0.2) is 0 Å². The van der Waals surface area contributed by atoms with E-state index in [1.807, 2.05) is 20.0 Å². The van der Waals surface area contributed by atoms with E-state index in [2.05, 4.69) is 24.1 Å². The Morgan fingerprint density at radius 3 is 2.40 bits per heavy atom. The molecule has 0 radical (unpaired) electrons. The van der Waals surface area contributed by atoms with Gasteiger partial charge < -0.3 is 15.4 Å². The van der Waals surface area contributed by atoms with Crippen molar-refractivity contribution in [2.45, 2.75) is 71.6 Å². The van der Waals surface area contributed by atoms with E-state index in [-0.39, 0.29) is 24.7 Å². The third-order valence-corrected chi connectivity index (χ3v) is 3.96. The van der Waals surface area contributed by atoms with Gasteiger partial charge in [-0.1, -0.05) is 44.9 Å². The minimum Gasteiger partial charge on any atom is -0.466 e. The Bertz CT molecular complexity index is 431. The van der Waals surface area contributed by atoms with Gasteiger partial charge in [-0.25, -0.2) is 0 Å². The van der Waals surface area contributed by atoms with Gasteiger partial charge in [-0.15, -0.1) is 0 Å². The van der Waals surface area contributed by atoms with Crippen LogP contribution in [0.1, 0.15) is 71.6 Å². The topological polar surface area (TPSA) is 67.4 Å². The highest BCUT2D eigenvalue weighted by Crippen LogP contribution is 2.08. The monoisotopic (exact) mass is 352 g/mol. The van der Waals surface area contributed by atoms with Gasteiger partial charge in [0, 0.05) is 12.1 Å². The SMILES string of the molecule is C=C(CC)C/C=C(\CC)NC(=O)CCC(=O)OCCCCCCNC. The average molecular weight is 353 g/mol. The number of hydrogen-bond donors (Lipinski definition) is 2. The maximum Gasteiger partial charge on any atom is 0.306 e. The van der Waals surface area contributed by atoms with Crippen LogP contribution < -0.4 is 10.6 Å². The average Bonchev–Trinajstić information content (AvgIpc) is 2.62. The minimum atomic E-state index is -0.299. The van der Waals surface area contributed by atoms with Gasteiger partial charge in [-0.2, -0.15) is 0 Å². The fourth-order valence-electron chi connectivity index (χ4n) is 2.17. The molecule has 0 fully saturated rings. The van der Waals surface area contributed by atoms with Crippen molar-refractivity contribution in [3.63, 3.8) is 0 Å².